The SMILES string of the molecule is C=C(CO)C(=O)OCCCC(OCCOC(=O)C(=C)CO)c1ccc(C2CCC(C3CCC(c4ccc(CCCCC)cc4CC)CC3)CC2)c(CC)c1. The second-order valence-electron chi connectivity index (χ2n) is 15.7. The van der Waals surface area contributed by atoms with Crippen molar-refractivity contribution in [1.29, 1.82) is 0 Å². The fourth-order valence-corrected chi connectivity index (χ4v) is 8.87. The number of esters is 2. The van der Waals surface area contributed by atoms with Crippen LogP contribution in [0.25, 0.3) is 0 Å². The number of hydrogen-bond acceptors (Lipinski definition) is 7. The molecule has 2 aliphatic rings. The van der Waals surface area contributed by atoms with E-state index in [2.05, 4.69) is 70.3 Å². The number of benzene rings is 2. The zero-order valence-corrected chi connectivity index (χ0v) is 33.5. The molecule has 1 atom stereocenters. The number of rotatable bonds is 22. The van der Waals surface area contributed by atoms with Crippen molar-refractivity contribution >= 4 is 11.9 Å². The maximum Gasteiger partial charge on any atom is 0.335 e. The summed E-state index contributed by atoms with van der Waals surface area (Å²) in [5, 5.41) is 18.3. The molecule has 0 aliphatic heterocycles. The quantitative estimate of drug-likeness (QED) is 0.0703. The first-order chi connectivity index (χ1) is 26.2. The van der Waals surface area contributed by atoms with Gasteiger partial charge in [-0.3, -0.25) is 0 Å². The minimum atomic E-state index is -0.641. The predicted molar refractivity (Wildman–Crippen MR) is 217 cm³/mol. The Hall–Kier alpha value is -3.26. The van der Waals surface area contributed by atoms with Gasteiger partial charge in [0.05, 0.1) is 43.7 Å². The van der Waals surface area contributed by atoms with Gasteiger partial charge in [-0.05, 0) is 147 Å². The highest BCUT2D eigenvalue weighted by atomic mass is 16.6. The van der Waals surface area contributed by atoms with E-state index in [1.807, 2.05) is 0 Å². The van der Waals surface area contributed by atoms with Crippen LogP contribution in [-0.4, -0.2) is 55.2 Å². The van der Waals surface area contributed by atoms with E-state index in [1.54, 1.807) is 11.1 Å². The smallest absolute Gasteiger partial charge is 0.335 e. The van der Waals surface area contributed by atoms with Gasteiger partial charge in [-0.2, -0.15) is 0 Å². The predicted octanol–water partition coefficient (Wildman–Crippen LogP) is 9.81. The van der Waals surface area contributed by atoms with Crippen LogP contribution >= 0.6 is 0 Å². The molecule has 0 heterocycles. The fourth-order valence-electron chi connectivity index (χ4n) is 8.87. The Morgan fingerprint density at radius 2 is 1.22 bits per heavy atom. The van der Waals surface area contributed by atoms with Crippen molar-refractivity contribution in [3.8, 4) is 0 Å². The topological polar surface area (TPSA) is 102 Å². The fraction of sp³-hybridized carbons (Fsp3) is 0.617. The number of aliphatic hydroxyl groups is 2. The van der Waals surface area contributed by atoms with Crippen LogP contribution in [0.15, 0.2) is 60.7 Å². The first-order valence-corrected chi connectivity index (χ1v) is 21.0. The van der Waals surface area contributed by atoms with E-state index < -0.39 is 25.2 Å². The molecule has 2 N–H and O–H groups in total. The summed E-state index contributed by atoms with van der Waals surface area (Å²) in [6.45, 7) is 13.4. The normalized spacial score (nSPS) is 20.6. The minimum absolute atomic E-state index is 0.00215. The van der Waals surface area contributed by atoms with Crippen LogP contribution in [0.4, 0.5) is 0 Å². The van der Waals surface area contributed by atoms with Crippen LogP contribution in [0.2, 0.25) is 0 Å². The van der Waals surface area contributed by atoms with Crippen molar-refractivity contribution in [2.24, 2.45) is 11.8 Å². The van der Waals surface area contributed by atoms with E-state index in [1.165, 1.54) is 93.7 Å². The van der Waals surface area contributed by atoms with Crippen LogP contribution in [0.1, 0.15) is 156 Å². The molecule has 298 valence electrons. The number of carbonyl (C=O) groups is 2. The summed E-state index contributed by atoms with van der Waals surface area (Å²) >= 11 is 0. The highest BCUT2D eigenvalue weighted by Crippen LogP contribution is 2.47. The molecule has 7 nitrogen and oxygen atoms in total. The van der Waals surface area contributed by atoms with Crippen LogP contribution < -0.4 is 0 Å². The maximum absolute atomic E-state index is 12.0. The highest BCUT2D eigenvalue weighted by Gasteiger charge is 2.33. The molecule has 0 amide bonds. The maximum atomic E-state index is 12.0. The minimum Gasteiger partial charge on any atom is -0.462 e. The van der Waals surface area contributed by atoms with E-state index in [0.717, 1.165) is 36.2 Å². The second kappa shape index (κ2) is 23.0. The van der Waals surface area contributed by atoms with Crippen LogP contribution in [-0.2, 0) is 43.1 Å². The lowest BCUT2D eigenvalue weighted by atomic mass is 9.67. The van der Waals surface area contributed by atoms with Crippen molar-refractivity contribution in [2.75, 3.05) is 33.0 Å². The van der Waals surface area contributed by atoms with Crippen molar-refractivity contribution in [3.63, 3.8) is 0 Å². The lowest BCUT2D eigenvalue weighted by molar-refractivity contribution is -0.141. The molecule has 2 saturated carbocycles. The first kappa shape index (κ1) is 43.5. The molecule has 0 aromatic heterocycles. The van der Waals surface area contributed by atoms with E-state index in [-0.39, 0.29) is 37.1 Å². The molecule has 2 fully saturated rings. The van der Waals surface area contributed by atoms with Gasteiger partial charge >= 0.3 is 11.9 Å². The molecular weight excluding hydrogens is 677 g/mol. The lowest BCUT2D eigenvalue weighted by Gasteiger charge is -2.39. The molecule has 7 heteroatoms. The van der Waals surface area contributed by atoms with Crippen molar-refractivity contribution in [2.45, 2.75) is 141 Å². The average Bonchev–Trinajstić information content (AvgIpc) is 3.22. The standard InChI is InChI=1S/C47H68O7/c1-6-9-10-12-35-14-24-43(36(7-2)29-35)40-19-15-38(16-20-40)39-17-21-41(22-18-39)44-25-23-42(30-37(44)8-3)45(13-11-26-53-46(50)33(4)31-48)52-27-28-54-47(51)34(5)32-49/h14,23-25,29-30,38-41,45,48-49H,4-13,15-22,26-28,31-32H2,1-3H3. The van der Waals surface area contributed by atoms with Gasteiger partial charge in [-0.25, -0.2) is 9.59 Å². The van der Waals surface area contributed by atoms with Crippen LogP contribution in [0.3, 0.4) is 0 Å². The monoisotopic (exact) mass is 744 g/mol. The number of hydrogen-bond donors (Lipinski definition) is 2. The van der Waals surface area contributed by atoms with Crippen molar-refractivity contribution in [1.82, 2.24) is 0 Å². The zero-order chi connectivity index (χ0) is 38.9. The number of carbonyl (C=O) groups excluding carboxylic acids is 2. The Bertz CT molecular complexity index is 1460. The van der Waals surface area contributed by atoms with Gasteiger partial charge in [-0.1, -0.05) is 83.2 Å². The Balaban J connectivity index is 1.32. The Morgan fingerprint density at radius 3 is 1.76 bits per heavy atom. The largest absolute Gasteiger partial charge is 0.462 e. The molecule has 0 radical (unpaired) electrons. The summed E-state index contributed by atoms with van der Waals surface area (Å²) in [5.41, 5.74) is 8.62. The van der Waals surface area contributed by atoms with Gasteiger partial charge in [0.2, 0.25) is 0 Å². The van der Waals surface area contributed by atoms with E-state index in [9.17, 15) is 9.59 Å². The average molecular weight is 745 g/mol. The number of aryl methyl sites for hydroxylation is 3. The molecule has 54 heavy (non-hydrogen) atoms. The van der Waals surface area contributed by atoms with Crippen molar-refractivity contribution < 1.29 is 34.0 Å². The van der Waals surface area contributed by atoms with Crippen LogP contribution in [0.5, 0.6) is 0 Å². The number of aliphatic hydroxyl groups excluding tert-OH is 2. The third-order valence-corrected chi connectivity index (χ3v) is 12.1. The van der Waals surface area contributed by atoms with Gasteiger partial charge in [-0.15, -0.1) is 0 Å². The number of ether oxygens (including phenoxy) is 3. The Morgan fingerprint density at radius 1 is 0.685 bits per heavy atom. The van der Waals surface area contributed by atoms with Gasteiger partial charge in [0.25, 0.3) is 0 Å². The summed E-state index contributed by atoms with van der Waals surface area (Å²) < 4.78 is 16.7. The van der Waals surface area contributed by atoms with Crippen molar-refractivity contribution in [3.05, 3.63) is 94.1 Å². The molecule has 1 unspecified atom stereocenters. The molecule has 2 aliphatic carbocycles. The van der Waals surface area contributed by atoms with E-state index in [4.69, 9.17) is 24.4 Å². The Labute approximate surface area is 325 Å². The summed E-state index contributed by atoms with van der Waals surface area (Å²) in [4.78, 5) is 23.9. The molecule has 2 aromatic rings. The van der Waals surface area contributed by atoms with Gasteiger partial charge in [0.15, 0.2) is 0 Å². The second-order valence-corrected chi connectivity index (χ2v) is 15.7. The Kier molecular flexibility index (Phi) is 18.5. The number of unbranched alkanes of at least 4 members (excludes halogenated alkanes) is 2. The molecular formula is C47H68O7. The summed E-state index contributed by atoms with van der Waals surface area (Å²) in [5.74, 6) is 1.74. The van der Waals surface area contributed by atoms with Gasteiger partial charge < -0.3 is 24.4 Å². The molecule has 2 aromatic carbocycles. The van der Waals surface area contributed by atoms with E-state index >= 15 is 0 Å². The molecule has 4 rings (SSSR count). The molecule has 0 spiro atoms. The molecule has 0 bridgehead atoms. The lowest BCUT2D eigenvalue weighted by Crippen LogP contribution is -2.25. The van der Waals surface area contributed by atoms with Gasteiger partial charge in [0.1, 0.15) is 6.61 Å². The van der Waals surface area contributed by atoms with Crippen LogP contribution in [0, 0.1) is 11.8 Å². The summed E-state index contributed by atoms with van der Waals surface area (Å²) in [6, 6.07) is 14.2. The van der Waals surface area contributed by atoms with E-state index in [0.29, 0.717) is 18.8 Å². The first-order valence-electron chi connectivity index (χ1n) is 21.0. The summed E-state index contributed by atoms with van der Waals surface area (Å²) in [7, 11) is 0. The van der Waals surface area contributed by atoms with Gasteiger partial charge in [0, 0.05) is 0 Å². The third-order valence-electron chi connectivity index (χ3n) is 12.1. The molecule has 0 saturated heterocycles. The highest BCUT2D eigenvalue weighted by molar-refractivity contribution is 5.88. The summed E-state index contributed by atoms with van der Waals surface area (Å²) in [6.07, 6.45) is 18.5. The zero-order valence-electron chi connectivity index (χ0n) is 33.5. The third kappa shape index (κ3) is 12.6.